The number of benzene rings is 2. The number of likely N-dealkylation sites (tertiary alicyclic amines) is 1. The summed E-state index contributed by atoms with van der Waals surface area (Å²) in [7, 11) is 0. The second-order valence-corrected chi connectivity index (χ2v) is 9.67. The quantitative estimate of drug-likeness (QED) is 0.560. The van der Waals surface area contributed by atoms with Crippen LogP contribution in [0, 0.1) is 0 Å². The number of aromatic nitrogens is 2. The molecule has 1 spiro atoms. The van der Waals surface area contributed by atoms with Crippen LogP contribution in [-0.2, 0) is 6.42 Å². The van der Waals surface area contributed by atoms with E-state index in [1.54, 1.807) is 0 Å². The Balaban J connectivity index is 1.14. The summed E-state index contributed by atoms with van der Waals surface area (Å²) >= 11 is 9.60. The van der Waals surface area contributed by atoms with E-state index in [9.17, 15) is 5.11 Å². The molecule has 0 amide bonds. The van der Waals surface area contributed by atoms with Crippen molar-refractivity contribution in [1.29, 1.82) is 0 Å². The molecule has 2 aliphatic heterocycles. The average Bonchev–Trinajstić information content (AvgIpc) is 3.11. The first-order chi connectivity index (χ1) is 15.0. The van der Waals surface area contributed by atoms with Crippen LogP contribution in [0.4, 0.5) is 0 Å². The molecule has 0 saturated carbocycles. The topological polar surface area (TPSA) is 67.7 Å². The molecule has 1 saturated heterocycles. The van der Waals surface area contributed by atoms with Crippen molar-refractivity contribution in [2.24, 2.45) is 0 Å². The molecule has 1 N–H and O–H groups in total. The van der Waals surface area contributed by atoms with Gasteiger partial charge in [-0.15, -0.1) is 0 Å². The molecule has 1 aromatic heterocycles. The van der Waals surface area contributed by atoms with Gasteiger partial charge in [0, 0.05) is 48.4 Å². The van der Waals surface area contributed by atoms with Gasteiger partial charge in [0.2, 0.25) is 5.88 Å². The minimum Gasteiger partial charge on any atom is -0.487 e. The first-order valence-electron chi connectivity index (χ1n) is 10.4. The Hall–Kier alpha value is -1.93. The third-order valence-electron chi connectivity index (χ3n) is 6.07. The predicted molar refractivity (Wildman–Crippen MR) is 123 cm³/mol. The van der Waals surface area contributed by atoms with E-state index in [1.807, 2.05) is 36.4 Å². The van der Waals surface area contributed by atoms with Crippen LogP contribution in [0.3, 0.4) is 0 Å². The smallest absolute Gasteiger partial charge is 0.224 e. The lowest BCUT2D eigenvalue weighted by atomic mass is 9.87. The number of hydrogen-bond acceptors (Lipinski definition) is 6. The summed E-state index contributed by atoms with van der Waals surface area (Å²) in [5.41, 5.74) is 1.86. The normalized spacial score (nSPS) is 18.7. The highest BCUT2D eigenvalue weighted by molar-refractivity contribution is 9.10. The molecule has 8 heteroatoms. The zero-order chi connectivity index (χ0) is 21.4. The van der Waals surface area contributed by atoms with E-state index >= 15 is 0 Å². The Kier molecular flexibility index (Phi) is 5.77. The minimum atomic E-state index is -0.605. The maximum absolute atomic E-state index is 10.6. The van der Waals surface area contributed by atoms with E-state index in [2.05, 4.69) is 30.8 Å². The highest BCUT2D eigenvalue weighted by Crippen LogP contribution is 2.41. The van der Waals surface area contributed by atoms with Crippen LogP contribution >= 0.6 is 27.5 Å². The molecule has 2 aromatic carbocycles. The fraction of sp³-hybridized carbons (Fsp3) is 0.391. The second-order valence-electron chi connectivity index (χ2n) is 8.32. The van der Waals surface area contributed by atoms with Crippen molar-refractivity contribution in [1.82, 2.24) is 14.9 Å². The van der Waals surface area contributed by atoms with Crippen LogP contribution in [0.5, 0.6) is 11.6 Å². The van der Waals surface area contributed by atoms with E-state index in [0.29, 0.717) is 12.4 Å². The first-order valence-corrected chi connectivity index (χ1v) is 11.6. The van der Waals surface area contributed by atoms with Gasteiger partial charge in [-0.3, -0.25) is 0 Å². The van der Waals surface area contributed by atoms with Crippen molar-refractivity contribution in [3.05, 3.63) is 57.8 Å². The van der Waals surface area contributed by atoms with Gasteiger partial charge in [-0.1, -0.05) is 27.5 Å². The highest BCUT2D eigenvalue weighted by Gasteiger charge is 2.42. The minimum absolute atomic E-state index is 0.141. The molecule has 162 valence electrons. The number of fused-ring (bicyclic) bond motifs is 2. The maximum Gasteiger partial charge on any atom is 0.224 e. The van der Waals surface area contributed by atoms with Crippen molar-refractivity contribution in [3.8, 4) is 11.6 Å². The Labute approximate surface area is 194 Å². The fourth-order valence-corrected chi connectivity index (χ4v) is 5.03. The lowest BCUT2D eigenvalue weighted by Crippen LogP contribution is -2.49. The molecule has 1 unspecified atom stereocenters. The van der Waals surface area contributed by atoms with Gasteiger partial charge in [0.1, 0.15) is 30.4 Å². The highest BCUT2D eigenvalue weighted by atomic mass is 79.9. The Morgan fingerprint density at radius 2 is 2.03 bits per heavy atom. The van der Waals surface area contributed by atoms with E-state index in [4.69, 9.17) is 21.1 Å². The van der Waals surface area contributed by atoms with Gasteiger partial charge in [-0.05, 0) is 42.0 Å². The zero-order valence-corrected chi connectivity index (χ0v) is 19.3. The number of β-amino-alcohol motifs (C(OH)–C–C–N with tert-alkyl or cyclic N) is 1. The van der Waals surface area contributed by atoms with Crippen LogP contribution < -0.4 is 9.47 Å². The van der Waals surface area contributed by atoms with Crippen molar-refractivity contribution < 1.29 is 14.6 Å². The standard InChI is InChI=1S/C23H23BrClN3O3/c24-16-1-3-20-19(10-16)22(27-14-26-20)30-13-18(29)12-28-7-5-23(6-8-28)11-15-9-17(25)2-4-21(15)31-23/h1-4,9-10,14,18,29H,5-8,11-13H2. The molecule has 6 nitrogen and oxygen atoms in total. The molecule has 0 bridgehead atoms. The van der Waals surface area contributed by atoms with Crippen LogP contribution in [-0.4, -0.2) is 57.9 Å². The number of nitrogens with zero attached hydrogens (tertiary/aromatic N) is 3. The Morgan fingerprint density at radius 1 is 1.19 bits per heavy atom. The van der Waals surface area contributed by atoms with E-state index in [1.165, 1.54) is 11.9 Å². The predicted octanol–water partition coefficient (Wildman–Crippen LogP) is 4.26. The number of aliphatic hydroxyl groups is 1. The Bertz CT molecular complexity index is 1100. The molecule has 0 radical (unpaired) electrons. The molecular formula is C23H23BrClN3O3. The fourth-order valence-electron chi connectivity index (χ4n) is 4.47. The third-order valence-corrected chi connectivity index (χ3v) is 6.80. The van der Waals surface area contributed by atoms with Gasteiger partial charge in [-0.25, -0.2) is 9.97 Å². The van der Waals surface area contributed by atoms with Gasteiger partial charge in [0.25, 0.3) is 0 Å². The summed E-state index contributed by atoms with van der Waals surface area (Å²) in [5.74, 6) is 1.44. The zero-order valence-electron chi connectivity index (χ0n) is 16.9. The number of piperidine rings is 1. The van der Waals surface area contributed by atoms with Gasteiger partial charge >= 0.3 is 0 Å². The Morgan fingerprint density at radius 3 is 2.87 bits per heavy atom. The number of aliphatic hydroxyl groups excluding tert-OH is 1. The van der Waals surface area contributed by atoms with Crippen molar-refractivity contribution in [2.75, 3.05) is 26.2 Å². The van der Waals surface area contributed by atoms with E-state index in [-0.39, 0.29) is 12.2 Å². The summed E-state index contributed by atoms with van der Waals surface area (Å²) in [5, 5.41) is 12.1. The molecule has 1 fully saturated rings. The summed E-state index contributed by atoms with van der Waals surface area (Å²) < 4.78 is 13.1. The van der Waals surface area contributed by atoms with Crippen molar-refractivity contribution >= 4 is 38.4 Å². The molecule has 3 heterocycles. The van der Waals surface area contributed by atoms with Crippen LogP contribution in [0.15, 0.2) is 47.2 Å². The van der Waals surface area contributed by atoms with Gasteiger partial charge in [0.15, 0.2) is 0 Å². The number of rotatable bonds is 5. The van der Waals surface area contributed by atoms with Crippen molar-refractivity contribution in [3.63, 3.8) is 0 Å². The molecule has 31 heavy (non-hydrogen) atoms. The summed E-state index contributed by atoms with van der Waals surface area (Å²) in [6, 6.07) is 11.6. The van der Waals surface area contributed by atoms with E-state index < -0.39 is 6.10 Å². The average molecular weight is 505 g/mol. The third kappa shape index (κ3) is 4.51. The molecule has 3 aromatic rings. The summed E-state index contributed by atoms with van der Waals surface area (Å²) in [4.78, 5) is 10.8. The van der Waals surface area contributed by atoms with E-state index in [0.717, 1.165) is 58.5 Å². The van der Waals surface area contributed by atoms with Crippen molar-refractivity contribution in [2.45, 2.75) is 31.0 Å². The van der Waals surface area contributed by atoms with Crippen LogP contribution in [0.1, 0.15) is 18.4 Å². The van der Waals surface area contributed by atoms with Gasteiger partial charge < -0.3 is 19.5 Å². The largest absolute Gasteiger partial charge is 0.487 e. The lowest BCUT2D eigenvalue weighted by molar-refractivity contribution is -0.00214. The maximum atomic E-state index is 10.6. The number of ether oxygens (including phenoxy) is 2. The van der Waals surface area contributed by atoms with Gasteiger partial charge in [0.05, 0.1) is 10.9 Å². The number of hydrogen-bond donors (Lipinski definition) is 1. The SMILES string of the molecule is OC(COc1ncnc2ccc(Br)cc12)CN1CCC2(CC1)Cc1cc(Cl)ccc1O2. The van der Waals surface area contributed by atoms with Crippen LogP contribution in [0.2, 0.25) is 5.02 Å². The molecule has 2 aliphatic rings. The van der Waals surface area contributed by atoms with Gasteiger partial charge in [-0.2, -0.15) is 0 Å². The monoisotopic (exact) mass is 503 g/mol. The second kappa shape index (κ2) is 8.54. The lowest BCUT2D eigenvalue weighted by Gasteiger charge is -2.39. The summed E-state index contributed by atoms with van der Waals surface area (Å²) in [6.45, 7) is 2.49. The molecule has 5 rings (SSSR count). The molecule has 1 atom stereocenters. The van der Waals surface area contributed by atoms with Crippen LogP contribution in [0.25, 0.3) is 10.9 Å². The first kappa shape index (κ1) is 20.9. The molecular weight excluding hydrogens is 482 g/mol. The summed E-state index contributed by atoms with van der Waals surface area (Å²) in [6.07, 6.45) is 3.63. The molecule has 0 aliphatic carbocycles. The number of halogens is 2.